The molecule has 100 valence electrons. The Bertz CT molecular complexity index is 778. The molecule has 1 heterocycles. The molecule has 3 rings (SSSR count). The number of fused-ring (bicyclic) bond motifs is 1. The van der Waals surface area contributed by atoms with Crippen molar-refractivity contribution in [2.45, 2.75) is 16.7 Å². The van der Waals surface area contributed by atoms with Gasteiger partial charge in [-0.3, -0.25) is 0 Å². The summed E-state index contributed by atoms with van der Waals surface area (Å²) >= 11 is 1.47. The molecule has 0 saturated heterocycles. The molecule has 0 aliphatic rings. The first-order chi connectivity index (χ1) is 9.65. The zero-order valence-electron chi connectivity index (χ0n) is 10.9. The van der Waals surface area contributed by atoms with Crippen LogP contribution in [0, 0.1) is 6.92 Å². The summed E-state index contributed by atoms with van der Waals surface area (Å²) in [5.41, 5.74) is 2.22. The maximum atomic E-state index is 11.4. The molecule has 2 aromatic carbocycles. The van der Waals surface area contributed by atoms with Crippen molar-refractivity contribution >= 4 is 28.6 Å². The molecule has 0 fully saturated rings. The Hall–Kier alpha value is -2.20. The van der Waals surface area contributed by atoms with Crippen LogP contribution in [0.15, 0.2) is 58.3 Å². The van der Waals surface area contributed by atoms with E-state index in [9.17, 15) is 9.90 Å². The highest BCUT2D eigenvalue weighted by Gasteiger charge is 2.18. The zero-order chi connectivity index (χ0) is 14.1. The molecule has 0 unspecified atom stereocenters. The van der Waals surface area contributed by atoms with Crippen LogP contribution >= 0.6 is 11.8 Å². The zero-order valence-corrected chi connectivity index (χ0v) is 11.7. The van der Waals surface area contributed by atoms with Gasteiger partial charge in [0.25, 0.3) is 0 Å². The molecule has 3 nitrogen and oxygen atoms in total. The van der Waals surface area contributed by atoms with Crippen LogP contribution in [-0.2, 0) is 0 Å². The van der Waals surface area contributed by atoms with E-state index in [0.29, 0.717) is 0 Å². The van der Waals surface area contributed by atoms with Gasteiger partial charge in [0.15, 0.2) is 0 Å². The minimum Gasteiger partial charge on any atom is -0.477 e. The molecule has 0 atom stereocenters. The Kier molecular flexibility index (Phi) is 3.24. The van der Waals surface area contributed by atoms with Gasteiger partial charge in [0, 0.05) is 15.8 Å². The van der Waals surface area contributed by atoms with Crippen LogP contribution < -0.4 is 0 Å². The average molecular weight is 283 g/mol. The van der Waals surface area contributed by atoms with Crippen molar-refractivity contribution in [2.75, 3.05) is 0 Å². The number of rotatable bonds is 3. The molecule has 2 N–H and O–H groups in total. The number of carboxylic acids is 1. The van der Waals surface area contributed by atoms with E-state index in [1.807, 2.05) is 55.5 Å². The fourth-order valence-electron chi connectivity index (χ4n) is 2.15. The summed E-state index contributed by atoms with van der Waals surface area (Å²) in [6, 6.07) is 15.7. The molecule has 0 amide bonds. The molecule has 0 aliphatic heterocycles. The molecular formula is C16H13NO2S. The summed E-state index contributed by atoms with van der Waals surface area (Å²) in [6.07, 6.45) is 0. The third-order valence-corrected chi connectivity index (χ3v) is 4.22. The number of hydrogen-bond acceptors (Lipinski definition) is 2. The summed E-state index contributed by atoms with van der Waals surface area (Å²) in [6.45, 7) is 1.99. The van der Waals surface area contributed by atoms with Crippen LogP contribution in [0.3, 0.4) is 0 Å². The minimum atomic E-state index is -0.933. The van der Waals surface area contributed by atoms with E-state index in [0.717, 1.165) is 26.3 Å². The number of aromatic carboxylic acids is 1. The van der Waals surface area contributed by atoms with Crippen molar-refractivity contribution in [3.63, 3.8) is 0 Å². The van der Waals surface area contributed by atoms with Crippen LogP contribution in [0.4, 0.5) is 0 Å². The summed E-state index contributed by atoms with van der Waals surface area (Å²) in [7, 11) is 0. The number of carboxylic acid groups (broad SMARTS) is 1. The largest absolute Gasteiger partial charge is 0.477 e. The highest BCUT2D eigenvalue weighted by molar-refractivity contribution is 7.99. The number of benzene rings is 2. The van der Waals surface area contributed by atoms with Gasteiger partial charge in [-0.15, -0.1) is 0 Å². The van der Waals surface area contributed by atoms with E-state index in [1.165, 1.54) is 11.8 Å². The number of carbonyl (C=O) groups is 1. The van der Waals surface area contributed by atoms with Gasteiger partial charge in [-0.2, -0.15) is 0 Å². The molecular weight excluding hydrogens is 270 g/mol. The van der Waals surface area contributed by atoms with Crippen molar-refractivity contribution in [1.82, 2.24) is 4.98 Å². The van der Waals surface area contributed by atoms with Crippen molar-refractivity contribution in [1.29, 1.82) is 0 Å². The maximum absolute atomic E-state index is 11.4. The Morgan fingerprint density at radius 2 is 1.90 bits per heavy atom. The van der Waals surface area contributed by atoms with Gasteiger partial charge in [-0.1, -0.05) is 42.1 Å². The monoisotopic (exact) mass is 283 g/mol. The van der Waals surface area contributed by atoms with Gasteiger partial charge in [0.1, 0.15) is 5.69 Å². The fraction of sp³-hybridized carbons (Fsp3) is 0.0625. The minimum absolute atomic E-state index is 0.249. The number of aromatic amines is 1. The number of nitrogens with one attached hydrogen (secondary N) is 1. The van der Waals surface area contributed by atoms with Crippen molar-refractivity contribution < 1.29 is 9.90 Å². The predicted molar refractivity (Wildman–Crippen MR) is 80.6 cm³/mol. The van der Waals surface area contributed by atoms with Gasteiger partial charge in [-0.25, -0.2) is 4.79 Å². The first-order valence-corrected chi connectivity index (χ1v) is 7.05. The van der Waals surface area contributed by atoms with Gasteiger partial charge in [0.2, 0.25) is 0 Å². The second-order valence-electron chi connectivity index (χ2n) is 4.60. The van der Waals surface area contributed by atoms with Crippen LogP contribution in [-0.4, -0.2) is 16.1 Å². The third kappa shape index (κ3) is 2.30. The molecule has 0 radical (unpaired) electrons. The molecule has 4 heteroatoms. The molecule has 1 aromatic heterocycles. The summed E-state index contributed by atoms with van der Waals surface area (Å²) < 4.78 is 0. The topological polar surface area (TPSA) is 53.1 Å². The highest BCUT2D eigenvalue weighted by Crippen LogP contribution is 2.36. The lowest BCUT2D eigenvalue weighted by molar-refractivity contribution is 0.0688. The van der Waals surface area contributed by atoms with Gasteiger partial charge < -0.3 is 10.1 Å². The molecule has 0 spiro atoms. The second-order valence-corrected chi connectivity index (χ2v) is 5.68. The molecule has 0 bridgehead atoms. The van der Waals surface area contributed by atoms with Crippen LogP contribution in [0.5, 0.6) is 0 Å². The SMILES string of the molecule is Cc1ccc2c(Sc3ccccc3)c(C(=O)O)[nH]c2c1. The quantitative estimate of drug-likeness (QED) is 0.752. The lowest BCUT2D eigenvalue weighted by Gasteiger charge is -2.02. The molecule has 20 heavy (non-hydrogen) atoms. The Balaban J connectivity index is 2.16. The Morgan fingerprint density at radius 1 is 1.15 bits per heavy atom. The van der Waals surface area contributed by atoms with E-state index in [-0.39, 0.29) is 5.69 Å². The Morgan fingerprint density at radius 3 is 2.60 bits per heavy atom. The first-order valence-electron chi connectivity index (χ1n) is 6.23. The number of aryl methyl sites for hydroxylation is 1. The number of H-pyrrole nitrogens is 1. The van der Waals surface area contributed by atoms with Crippen LogP contribution in [0.1, 0.15) is 16.1 Å². The number of aromatic nitrogens is 1. The lowest BCUT2D eigenvalue weighted by atomic mass is 10.2. The lowest BCUT2D eigenvalue weighted by Crippen LogP contribution is -1.97. The van der Waals surface area contributed by atoms with E-state index >= 15 is 0 Å². The molecule has 0 saturated carbocycles. The third-order valence-electron chi connectivity index (χ3n) is 3.08. The van der Waals surface area contributed by atoms with Gasteiger partial charge >= 0.3 is 5.97 Å². The average Bonchev–Trinajstić information content (AvgIpc) is 2.78. The van der Waals surface area contributed by atoms with Crippen LogP contribution in [0.2, 0.25) is 0 Å². The summed E-state index contributed by atoms with van der Waals surface area (Å²) in [5, 5.41) is 10.3. The molecule has 0 aliphatic carbocycles. The smallest absolute Gasteiger partial charge is 0.353 e. The van der Waals surface area contributed by atoms with Crippen molar-refractivity contribution in [2.24, 2.45) is 0 Å². The van der Waals surface area contributed by atoms with Crippen molar-refractivity contribution in [3.05, 3.63) is 59.8 Å². The van der Waals surface area contributed by atoms with E-state index in [4.69, 9.17) is 0 Å². The summed E-state index contributed by atoms with van der Waals surface area (Å²) in [4.78, 5) is 16.2. The van der Waals surface area contributed by atoms with Gasteiger partial charge in [0.05, 0.1) is 4.90 Å². The maximum Gasteiger partial charge on any atom is 0.353 e. The predicted octanol–water partition coefficient (Wildman–Crippen LogP) is 4.33. The molecule has 3 aromatic rings. The highest BCUT2D eigenvalue weighted by atomic mass is 32.2. The van der Waals surface area contributed by atoms with Crippen LogP contribution in [0.25, 0.3) is 10.9 Å². The summed E-state index contributed by atoms with van der Waals surface area (Å²) in [5.74, 6) is -0.933. The first kappa shape index (κ1) is 12.8. The van der Waals surface area contributed by atoms with Gasteiger partial charge in [-0.05, 0) is 30.7 Å². The van der Waals surface area contributed by atoms with E-state index in [2.05, 4.69) is 4.98 Å². The van der Waals surface area contributed by atoms with Crippen molar-refractivity contribution in [3.8, 4) is 0 Å². The van der Waals surface area contributed by atoms with E-state index < -0.39 is 5.97 Å². The normalized spacial score (nSPS) is 10.8. The number of hydrogen-bond donors (Lipinski definition) is 2. The Labute approximate surface area is 120 Å². The second kappa shape index (κ2) is 5.06. The fourth-order valence-corrected chi connectivity index (χ4v) is 3.21. The van der Waals surface area contributed by atoms with E-state index in [1.54, 1.807) is 0 Å². The standard InChI is InChI=1S/C16H13NO2S/c1-10-7-8-12-13(9-10)17-14(16(18)19)15(12)20-11-5-3-2-4-6-11/h2-9,17H,1H3,(H,18,19).